The Labute approximate surface area is 134 Å². The zero-order chi connectivity index (χ0) is 15.5. The molecule has 0 bridgehead atoms. The van der Waals surface area contributed by atoms with E-state index in [1.54, 1.807) is 0 Å². The number of ether oxygens (including phenoxy) is 1. The summed E-state index contributed by atoms with van der Waals surface area (Å²) in [5.41, 5.74) is 0.848. The highest BCUT2D eigenvalue weighted by molar-refractivity contribution is 6.30. The molecule has 0 radical (unpaired) electrons. The third-order valence-corrected chi connectivity index (χ3v) is 3.71. The van der Waals surface area contributed by atoms with Crippen LogP contribution in [0.15, 0.2) is 28.8 Å². The van der Waals surface area contributed by atoms with Crippen molar-refractivity contribution in [1.29, 1.82) is 0 Å². The number of morpholine rings is 1. The van der Waals surface area contributed by atoms with Crippen LogP contribution in [0.2, 0.25) is 5.02 Å². The minimum Gasteiger partial charge on any atom is -0.373 e. The first-order valence-electron chi connectivity index (χ1n) is 7.23. The van der Waals surface area contributed by atoms with Gasteiger partial charge in [-0.05, 0) is 26.2 Å². The Morgan fingerprint density at radius 2 is 2.27 bits per heavy atom. The van der Waals surface area contributed by atoms with Gasteiger partial charge in [0.1, 0.15) is 0 Å². The van der Waals surface area contributed by atoms with E-state index in [1.807, 2.05) is 38.4 Å². The molecule has 1 fully saturated rings. The topological polar surface area (TPSA) is 54.6 Å². The van der Waals surface area contributed by atoms with Gasteiger partial charge in [0.25, 0.3) is 0 Å². The standard InChI is InChI=1S/C15H19ClN4O2/c1-19(2)9-13-10-20(6-7-21-13)15-17-14(18-22-15)11-4-3-5-12(16)8-11/h3-5,8,13H,6-7,9-10H2,1-2H3. The summed E-state index contributed by atoms with van der Waals surface area (Å²) in [4.78, 5) is 8.66. The molecule has 1 aromatic heterocycles. The quantitative estimate of drug-likeness (QED) is 0.860. The van der Waals surface area contributed by atoms with Crippen molar-refractivity contribution < 1.29 is 9.26 Å². The van der Waals surface area contributed by atoms with E-state index >= 15 is 0 Å². The van der Waals surface area contributed by atoms with Gasteiger partial charge in [0.05, 0.1) is 12.7 Å². The van der Waals surface area contributed by atoms with Gasteiger partial charge in [0.15, 0.2) is 0 Å². The number of nitrogens with zero attached hydrogens (tertiary/aromatic N) is 4. The molecule has 2 heterocycles. The van der Waals surface area contributed by atoms with Crippen LogP contribution >= 0.6 is 11.6 Å². The number of aromatic nitrogens is 2. The van der Waals surface area contributed by atoms with Crippen LogP contribution in [0.3, 0.4) is 0 Å². The number of rotatable bonds is 4. The van der Waals surface area contributed by atoms with Gasteiger partial charge in [0, 0.05) is 30.2 Å². The summed E-state index contributed by atoms with van der Waals surface area (Å²) in [5, 5.41) is 4.71. The molecule has 7 heteroatoms. The van der Waals surface area contributed by atoms with Gasteiger partial charge in [0.2, 0.25) is 5.82 Å². The Bertz CT molecular complexity index is 632. The molecule has 0 aliphatic carbocycles. The number of likely N-dealkylation sites (N-methyl/N-ethyl adjacent to an activating group) is 1. The number of anilines is 1. The monoisotopic (exact) mass is 322 g/mol. The summed E-state index contributed by atoms with van der Waals surface area (Å²) in [6.07, 6.45) is 0.144. The van der Waals surface area contributed by atoms with Crippen molar-refractivity contribution in [3.8, 4) is 11.4 Å². The average Bonchev–Trinajstić information content (AvgIpc) is 2.97. The molecule has 3 rings (SSSR count). The van der Waals surface area contributed by atoms with Gasteiger partial charge in [-0.1, -0.05) is 28.9 Å². The summed E-state index contributed by atoms with van der Waals surface area (Å²) < 4.78 is 11.2. The molecule has 0 N–H and O–H groups in total. The van der Waals surface area contributed by atoms with Crippen LogP contribution in [0.5, 0.6) is 0 Å². The fourth-order valence-electron chi connectivity index (χ4n) is 2.50. The zero-order valence-electron chi connectivity index (χ0n) is 12.7. The zero-order valence-corrected chi connectivity index (χ0v) is 13.5. The fourth-order valence-corrected chi connectivity index (χ4v) is 2.69. The molecule has 1 unspecified atom stereocenters. The summed E-state index contributed by atoms with van der Waals surface area (Å²) in [6, 6.07) is 7.95. The summed E-state index contributed by atoms with van der Waals surface area (Å²) in [5.74, 6) is 0.549. The maximum absolute atomic E-state index is 6.00. The van der Waals surface area contributed by atoms with Crippen LogP contribution < -0.4 is 4.90 Å². The second kappa shape index (κ2) is 6.64. The van der Waals surface area contributed by atoms with Crippen LogP contribution in [0.1, 0.15) is 0 Å². The normalized spacial score (nSPS) is 18.9. The van der Waals surface area contributed by atoms with E-state index < -0.39 is 0 Å². The maximum Gasteiger partial charge on any atom is 0.324 e. The highest BCUT2D eigenvalue weighted by atomic mass is 35.5. The molecule has 1 aromatic carbocycles. The third-order valence-electron chi connectivity index (χ3n) is 3.48. The molecule has 1 atom stereocenters. The van der Waals surface area contributed by atoms with Crippen molar-refractivity contribution in [2.45, 2.75) is 6.10 Å². The molecular weight excluding hydrogens is 304 g/mol. The lowest BCUT2D eigenvalue weighted by Gasteiger charge is -2.32. The van der Waals surface area contributed by atoms with Crippen LogP contribution in [0, 0.1) is 0 Å². The van der Waals surface area contributed by atoms with Gasteiger partial charge >= 0.3 is 6.01 Å². The smallest absolute Gasteiger partial charge is 0.324 e. The second-order valence-corrected chi connectivity index (χ2v) is 6.05. The maximum atomic E-state index is 6.00. The molecule has 0 spiro atoms. The second-order valence-electron chi connectivity index (χ2n) is 5.61. The van der Waals surface area contributed by atoms with E-state index in [2.05, 4.69) is 19.9 Å². The first-order valence-corrected chi connectivity index (χ1v) is 7.60. The highest BCUT2D eigenvalue weighted by Gasteiger charge is 2.25. The minimum absolute atomic E-state index is 0.144. The molecule has 1 saturated heterocycles. The van der Waals surface area contributed by atoms with Crippen molar-refractivity contribution in [2.75, 3.05) is 45.2 Å². The summed E-state index contributed by atoms with van der Waals surface area (Å²) >= 11 is 6.00. The molecule has 0 amide bonds. The molecule has 1 aliphatic heterocycles. The molecular formula is C15H19ClN4O2. The molecule has 0 saturated carbocycles. The fraction of sp³-hybridized carbons (Fsp3) is 0.467. The largest absolute Gasteiger partial charge is 0.373 e. The van der Waals surface area contributed by atoms with Gasteiger partial charge in [-0.25, -0.2) is 0 Å². The molecule has 6 nitrogen and oxygen atoms in total. The Morgan fingerprint density at radius 3 is 3.05 bits per heavy atom. The Morgan fingerprint density at radius 1 is 1.41 bits per heavy atom. The number of hydrogen-bond donors (Lipinski definition) is 0. The Kier molecular flexibility index (Phi) is 4.61. The van der Waals surface area contributed by atoms with E-state index in [0.29, 0.717) is 23.5 Å². The Balaban J connectivity index is 1.73. The van der Waals surface area contributed by atoms with Crippen molar-refractivity contribution in [3.63, 3.8) is 0 Å². The van der Waals surface area contributed by atoms with Crippen LogP contribution in [-0.2, 0) is 4.74 Å². The van der Waals surface area contributed by atoms with Gasteiger partial charge in [-0.3, -0.25) is 0 Å². The predicted octanol–water partition coefficient (Wildman–Crippen LogP) is 2.16. The minimum atomic E-state index is 0.144. The molecule has 118 valence electrons. The van der Waals surface area contributed by atoms with Crippen LogP contribution in [0.25, 0.3) is 11.4 Å². The van der Waals surface area contributed by atoms with Crippen molar-refractivity contribution in [2.24, 2.45) is 0 Å². The molecule has 2 aromatic rings. The summed E-state index contributed by atoms with van der Waals surface area (Å²) in [6.45, 7) is 3.02. The van der Waals surface area contributed by atoms with Gasteiger partial charge in [-0.15, -0.1) is 0 Å². The first-order chi connectivity index (χ1) is 10.6. The van der Waals surface area contributed by atoms with Crippen LogP contribution in [-0.4, -0.2) is 61.5 Å². The summed E-state index contributed by atoms with van der Waals surface area (Å²) in [7, 11) is 4.07. The van der Waals surface area contributed by atoms with Crippen molar-refractivity contribution in [3.05, 3.63) is 29.3 Å². The van der Waals surface area contributed by atoms with Gasteiger partial charge < -0.3 is 19.1 Å². The average molecular weight is 323 g/mol. The highest BCUT2D eigenvalue weighted by Crippen LogP contribution is 2.23. The van der Waals surface area contributed by atoms with E-state index in [0.717, 1.165) is 25.2 Å². The van der Waals surface area contributed by atoms with E-state index in [9.17, 15) is 0 Å². The number of hydrogen-bond acceptors (Lipinski definition) is 6. The SMILES string of the molecule is CN(C)CC1CN(c2nc(-c3cccc(Cl)c3)no2)CCO1. The third kappa shape index (κ3) is 3.58. The predicted molar refractivity (Wildman–Crippen MR) is 85.3 cm³/mol. The van der Waals surface area contributed by atoms with E-state index in [1.165, 1.54) is 0 Å². The van der Waals surface area contributed by atoms with Crippen LogP contribution in [0.4, 0.5) is 6.01 Å². The molecule has 22 heavy (non-hydrogen) atoms. The number of halogens is 1. The lowest BCUT2D eigenvalue weighted by atomic mass is 10.2. The first kappa shape index (κ1) is 15.3. The number of benzene rings is 1. The van der Waals surface area contributed by atoms with E-state index in [-0.39, 0.29) is 6.10 Å². The van der Waals surface area contributed by atoms with Gasteiger partial charge in [-0.2, -0.15) is 4.98 Å². The molecule has 1 aliphatic rings. The lowest BCUT2D eigenvalue weighted by Crippen LogP contribution is -2.46. The lowest BCUT2D eigenvalue weighted by molar-refractivity contribution is 0.0229. The van der Waals surface area contributed by atoms with E-state index in [4.69, 9.17) is 20.9 Å². The van der Waals surface area contributed by atoms with Crippen molar-refractivity contribution in [1.82, 2.24) is 15.0 Å². The van der Waals surface area contributed by atoms with Crippen molar-refractivity contribution >= 4 is 17.6 Å². The Hall–Kier alpha value is -1.63.